The van der Waals surface area contributed by atoms with Crippen molar-refractivity contribution in [3.05, 3.63) is 88.9 Å². The smallest absolute Gasteiger partial charge is 0.261 e. The van der Waals surface area contributed by atoms with Gasteiger partial charge in [0.25, 0.3) is 15.9 Å². The van der Waals surface area contributed by atoms with Crippen molar-refractivity contribution in [1.82, 2.24) is 10.2 Å². The second kappa shape index (κ2) is 10.7. The van der Waals surface area contributed by atoms with Crippen LogP contribution in [0.1, 0.15) is 22.0 Å². The highest BCUT2D eigenvalue weighted by atomic mass is 35.5. The average Bonchev–Trinajstić information content (AvgIpc) is 2.80. The zero-order chi connectivity index (χ0) is 24.0. The summed E-state index contributed by atoms with van der Waals surface area (Å²) in [6.45, 7) is 0.342. The van der Waals surface area contributed by atoms with Gasteiger partial charge in [0.05, 0.1) is 18.0 Å². The molecule has 3 aromatic rings. The van der Waals surface area contributed by atoms with E-state index in [0.717, 1.165) is 5.56 Å². The summed E-state index contributed by atoms with van der Waals surface area (Å²) in [7, 11) is 1.56. The van der Waals surface area contributed by atoms with Crippen molar-refractivity contribution in [2.75, 3.05) is 32.5 Å². The predicted molar refractivity (Wildman–Crippen MR) is 130 cm³/mol. The molecular formula is C24H26ClN3O4S. The van der Waals surface area contributed by atoms with E-state index in [1.165, 1.54) is 31.4 Å². The molecule has 33 heavy (non-hydrogen) atoms. The maximum absolute atomic E-state index is 12.7. The molecule has 0 aromatic heterocycles. The summed E-state index contributed by atoms with van der Waals surface area (Å²) in [6, 6.07) is 19.7. The van der Waals surface area contributed by atoms with Gasteiger partial charge in [-0.1, -0.05) is 29.8 Å². The van der Waals surface area contributed by atoms with Gasteiger partial charge in [0.15, 0.2) is 0 Å². The van der Waals surface area contributed by atoms with Crippen molar-refractivity contribution in [1.29, 1.82) is 0 Å². The normalized spacial score (nSPS) is 12.3. The van der Waals surface area contributed by atoms with Gasteiger partial charge in [0, 0.05) is 22.8 Å². The van der Waals surface area contributed by atoms with Gasteiger partial charge in [-0.15, -0.1) is 0 Å². The van der Waals surface area contributed by atoms with E-state index in [9.17, 15) is 13.2 Å². The van der Waals surface area contributed by atoms with E-state index in [0.29, 0.717) is 28.6 Å². The summed E-state index contributed by atoms with van der Waals surface area (Å²) in [5.74, 6) is 0.320. The Bertz CT molecular complexity index is 1200. The first-order chi connectivity index (χ1) is 15.7. The molecular weight excluding hydrogens is 462 g/mol. The van der Waals surface area contributed by atoms with E-state index in [4.69, 9.17) is 16.3 Å². The van der Waals surface area contributed by atoms with Crippen LogP contribution in [0.15, 0.2) is 77.7 Å². The number of ether oxygens (including phenoxy) is 1. The molecule has 0 aliphatic carbocycles. The minimum atomic E-state index is -3.80. The number of nitrogens with zero attached hydrogens (tertiary/aromatic N) is 1. The van der Waals surface area contributed by atoms with Gasteiger partial charge in [-0.05, 0) is 74.3 Å². The summed E-state index contributed by atoms with van der Waals surface area (Å²) in [6.07, 6.45) is 0. The number of nitrogens with one attached hydrogen (secondary N) is 2. The van der Waals surface area contributed by atoms with Crippen molar-refractivity contribution in [3.8, 4) is 5.75 Å². The summed E-state index contributed by atoms with van der Waals surface area (Å²) < 4.78 is 32.9. The SMILES string of the molecule is COc1ccc(NS(=O)(=O)c2ccc(C(=O)NC[C@H](c3ccccc3Cl)N(C)C)cc2)cc1. The molecule has 3 aromatic carbocycles. The van der Waals surface area contributed by atoms with Crippen molar-refractivity contribution < 1.29 is 17.9 Å². The summed E-state index contributed by atoms with van der Waals surface area (Å²) >= 11 is 6.32. The molecule has 174 valence electrons. The fraction of sp³-hybridized carbons (Fsp3) is 0.208. The van der Waals surface area contributed by atoms with Crippen LogP contribution < -0.4 is 14.8 Å². The first-order valence-corrected chi connectivity index (χ1v) is 12.0. The number of likely N-dealkylation sites (N-methyl/N-ethyl adjacent to an activating group) is 1. The Hall–Kier alpha value is -3.07. The molecule has 2 N–H and O–H groups in total. The third-order valence-electron chi connectivity index (χ3n) is 5.11. The number of amides is 1. The van der Waals surface area contributed by atoms with E-state index < -0.39 is 10.0 Å². The minimum absolute atomic E-state index is 0.0529. The van der Waals surface area contributed by atoms with E-state index in [1.54, 1.807) is 24.3 Å². The Morgan fingerprint density at radius 1 is 1.00 bits per heavy atom. The van der Waals surface area contributed by atoms with Crippen LogP contribution >= 0.6 is 11.6 Å². The lowest BCUT2D eigenvalue weighted by molar-refractivity contribution is 0.0942. The van der Waals surface area contributed by atoms with Crippen LogP contribution in [0, 0.1) is 0 Å². The first-order valence-electron chi connectivity index (χ1n) is 10.2. The molecule has 0 heterocycles. The molecule has 1 amide bonds. The summed E-state index contributed by atoms with van der Waals surface area (Å²) in [5.41, 5.74) is 1.68. The Morgan fingerprint density at radius 3 is 2.21 bits per heavy atom. The number of rotatable bonds is 9. The molecule has 0 radical (unpaired) electrons. The fourth-order valence-electron chi connectivity index (χ4n) is 3.27. The lowest BCUT2D eigenvalue weighted by Crippen LogP contribution is -2.34. The Kier molecular flexibility index (Phi) is 7.97. The molecule has 0 spiro atoms. The minimum Gasteiger partial charge on any atom is -0.497 e. The molecule has 1 atom stereocenters. The van der Waals surface area contributed by atoms with Crippen LogP contribution in [-0.4, -0.2) is 47.0 Å². The van der Waals surface area contributed by atoms with Crippen LogP contribution in [0.25, 0.3) is 0 Å². The van der Waals surface area contributed by atoms with Crippen molar-refractivity contribution in [3.63, 3.8) is 0 Å². The molecule has 0 aliphatic rings. The monoisotopic (exact) mass is 487 g/mol. The van der Waals surface area contributed by atoms with Gasteiger partial charge in [-0.3, -0.25) is 9.52 Å². The first kappa shape index (κ1) is 24.6. The number of hydrogen-bond acceptors (Lipinski definition) is 5. The number of methoxy groups -OCH3 is 1. The van der Waals surface area contributed by atoms with Gasteiger partial charge < -0.3 is 15.0 Å². The average molecular weight is 488 g/mol. The third-order valence-corrected chi connectivity index (χ3v) is 6.85. The van der Waals surface area contributed by atoms with Gasteiger partial charge in [0.2, 0.25) is 0 Å². The van der Waals surface area contributed by atoms with Crippen LogP contribution in [0.5, 0.6) is 5.75 Å². The molecule has 0 saturated carbocycles. The van der Waals surface area contributed by atoms with Crippen LogP contribution in [-0.2, 0) is 10.0 Å². The molecule has 0 saturated heterocycles. The Balaban J connectivity index is 1.67. The fourth-order valence-corrected chi connectivity index (χ4v) is 4.59. The van der Waals surface area contributed by atoms with Gasteiger partial charge >= 0.3 is 0 Å². The van der Waals surface area contributed by atoms with Crippen LogP contribution in [0.2, 0.25) is 5.02 Å². The molecule has 0 aliphatic heterocycles. The zero-order valence-electron chi connectivity index (χ0n) is 18.6. The number of halogens is 1. The second-order valence-electron chi connectivity index (χ2n) is 7.57. The Morgan fingerprint density at radius 2 is 1.64 bits per heavy atom. The lowest BCUT2D eigenvalue weighted by atomic mass is 10.1. The van der Waals surface area contributed by atoms with Crippen LogP contribution in [0.4, 0.5) is 5.69 Å². The van der Waals surface area contributed by atoms with Gasteiger partial charge in [-0.25, -0.2) is 8.42 Å². The summed E-state index contributed by atoms with van der Waals surface area (Å²) in [5, 5.41) is 3.53. The van der Waals surface area contributed by atoms with Gasteiger partial charge in [-0.2, -0.15) is 0 Å². The maximum atomic E-state index is 12.7. The standard InChI is InChI=1S/C24H26ClN3O4S/c1-28(2)23(21-6-4-5-7-22(21)25)16-26-24(29)17-8-14-20(15-9-17)33(30,31)27-18-10-12-19(32-3)13-11-18/h4-15,23,27H,16H2,1-3H3,(H,26,29)/t23-/m1/s1. The third kappa shape index (κ3) is 6.25. The molecule has 0 fully saturated rings. The topological polar surface area (TPSA) is 87.7 Å². The molecule has 3 rings (SSSR count). The summed E-state index contributed by atoms with van der Waals surface area (Å²) in [4.78, 5) is 14.7. The number of sulfonamides is 1. The zero-order valence-corrected chi connectivity index (χ0v) is 20.2. The number of hydrogen-bond donors (Lipinski definition) is 2. The lowest BCUT2D eigenvalue weighted by Gasteiger charge is -2.26. The second-order valence-corrected chi connectivity index (χ2v) is 9.66. The van der Waals surface area contributed by atoms with Crippen molar-refractivity contribution in [2.24, 2.45) is 0 Å². The molecule has 0 unspecified atom stereocenters. The highest BCUT2D eigenvalue weighted by molar-refractivity contribution is 7.92. The van der Waals surface area contributed by atoms with Gasteiger partial charge in [0.1, 0.15) is 5.75 Å². The van der Waals surface area contributed by atoms with E-state index in [-0.39, 0.29) is 16.8 Å². The largest absolute Gasteiger partial charge is 0.497 e. The van der Waals surface area contributed by atoms with Crippen molar-refractivity contribution >= 4 is 33.2 Å². The van der Waals surface area contributed by atoms with E-state index in [2.05, 4.69) is 10.0 Å². The van der Waals surface area contributed by atoms with E-state index >= 15 is 0 Å². The number of anilines is 1. The quantitative estimate of drug-likeness (QED) is 0.472. The molecule has 9 heteroatoms. The highest BCUT2D eigenvalue weighted by Crippen LogP contribution is 2.25. The predicted octanol–water partition coefficient (Wildman–Crippen LogP) is 4.18. The number of benzene rings is 3. The number of carbonyl (C=O) groups is 1. The van der Waals surface area contributed by atoms with Crippen molar-refractivity contribution in [2.45, 2.75) is 10.9 Å². The van der Waals surface area contributed by atoms with E-state index in [1.807, 2.05) is 43.3 Å². The molecule has 7 nitrogen and oxygen atoms in total. The van der Waals surface area contributed by atoms with Crippen LogP contribution in [0.3, 0.4) is 0 Å². The maximum Gasteiger partial charge on any atom is 0.261 e. The highest BCUT2D eigenvalue weighted by Gasteiger charge is 2.19. The Labute approximate surface area is 199 Å². The molecule has 0 bridgehead atoms. The number of carbonyl (C=O) groups excluding carboxylic acids is 1.